The molecule has 5 heterocycles. The summed E-state index contributed by atoms with van der Waals surface area (Å²) in [7, 11) is 0. The van der Waals surface area contributed by atoms with E-state index in [4.69, 9.17) is 0 Å². The fraction of sp³-hybridized carbons (Fsp3) is 0.154. The summed E-state index contributed by atoms with van der Waals surface area (Å²) in [5.41, 5.74) is 13.1. The lowest BCUT2D eigenvalue weighted by Gasteiger charge is -2.09. The molecule has 4 heteroatoms. The molecule has 0 saturated heterocycles. The number of nitrogens with one attached hydrogen (secondary N) is 4. The van der Waals surface area contributed by atoms with Crippen LogP contribution in [0.1, 0.15) is 100 Å². The first-order valence-corrected chi connectivity index (χ1v) is 20.3. The van der Waals surface area contributed by atoms with Gasteiger partial charge in [0.2, 0.25) is 0 Å². The summed E-state index contributed by atoms with van der Waals surface area (Å²) in [4.78, 5) is 15.4. The minimum atomic E-state index is 1.04. The molecule has 8 bridgehead atoms. The smallest absolute Gasteiger partial charge is 0.0485 e. The molecular formula is C52H56N4. The number of aromatic nitrogens is 4. The van der Waals surface area contributed by atoms with Crippen molar-refractivity contribution in [1.82, 2.24) is 19.9 Å². The molecule has 0 radical (unpaired) electrons. The second-order valence-electron chi connectivity index (χ2n) is 12.1. The van der Waals surface area contributed by atoms with Gasteiger partial charge in [-0.1, -0.05) is 177 Å². The van der Waals surface area contributed by atoms with Crippen LogP contribution in [0.4, 0.5) is 0 Å². The van der Waals surface area contributed by atoms with Crippen LogP contribution in [0.25, 0.3) is 22.3 Å². The van der Waals surface area contributed by atoms with Crippen molar-refractivity contribution in [2.45, 2.75) is 55.4 Å². The number of rotatable bonds is 4. The zero-order valence-corrected chi connectivity index (χ0v) is 34.2. The standard InChI is InChI=1S/C44H32N4.4C2H6/c1-5-13-29(14-6-1)41-33-21-23-35(45-33)42(30-15-7-2-8-16-30)37-25-27-39(47-37)44(32-19-11-4-12-20-32)40-28-26-38(48-40)43(31-17-9-3-10-18-31)36-24-22-34(41)46-36;4*1-2/h1-28,45-48H;4*1-2H3. The maximum Gasteiger partial charge on any atom is 0.0485 e. The first kappa shape index (κ1) is 40.7. The normalized spacial score (nSPS) is 11.4. The van der Waals surface area contributed by atoms with Crippen LogP contribution in [0.3, 0.4) is 0 Å². The molecule has 4 nitrogen and oxygen atoms in total. The van der Waals surface area contributed by atoms with Crippen molar-refractivity contribution >= 4 is 22.3 Å². The van der Waals surface area contributed by atoms with Gasteiger partial charge in [0.1, 0.15) is 0 Å². The van der Waals surface area contributed by atoms with Gasteiger partial charge in [-0.15, -0.1) is 0 Å². The molecule has 1 aliphatic heterocycles. The summed E-state index contributed by atoms with van der Waals surface area (Å²) < 4.78 is 0. The Morgan fingerprint density at radius 2 is 0.411 bits per heavy atom. The predicted octanol–water partition coefficient (Wildman–Crippen LogP) is 10.4. The third kappa shape index (κ3) is 8.56. The average molecular weight is 737 g/mol. The van der Waals surface area contributed by atoms with Crippen molar-refractivity contribution in [3.05, 3.63) is 236 Å². The summed E-state index contributed by atoms with van der Waals surface area (Å²) >= 11 is 0. The van der Waals surface area contributed by atoms with E-state index in [-0.39, 0.29) is 0 Å². The van der Waals surface area contributed by atoms with Crippen LogP contribution in [-0.4, -0.2) is 19.9 Å². The van der Waals surface area contributed by atoms with Crippen LogP contribution < -0.4 is 21.4 Å². The number of hydrogen-bond acceptors (Lipinski definition) is 0. The topological polar surface area (TPSA) is 63.2 Å². The average Bonchev–Trinajstić information content (AvgIpc) is 4.14. The molecule has 1 aliphatic rings. The molecule has 0 atom stereocenters. The molecule has 0 amide bonds. The molecule has 0 unspecified atom stereocenters. The SMILES string of the molecule is CC.CC.CC.CC.c1ccc(C2=c3ccc([nH]3)=C(c3ccccc3)c3ccc([nH]3)C(c3ccccc3)=c3ccc([nH]3)=C(c3ccccc3)c3ccc2[nH]3)cc1. The van der Waals surface area contributed by atoms with E-state index in [2.05, 4.69) is 190 Å². The van der Waals surface area contributed by atoms with Gasteiger partial charge in [-0.05, 0) is 70.8 Å². The van der Waals surface area contributed by atoms with E-state index in [9.17, 15) is 0 Å². The van der Waals surface area contributed by atoms with Crippen LogP contribution in [0.5, 0.6) is 0 Å². The fourth-order valence-corrected chi connectivity index (χ4v) is 6.99. The van der Waals surface area contributed by atoms with E-state index < -0.39 is 0 Å². The van der Waals surface area contributed by atoms with Crippen LogP contribution >= 0.6 is 0 Å². The van der Waals surface area contributed by atoms with Crippen molar-refractivity contribution in [2.24, 2.45) is 0 Å². The molecule has 8 aromatic rings. The van der Waals surface area contributed by atoms with Gasteiger partial charge >= 0.3 is 0 Å². The highest BCUT2D eigenvalue weighted by molar-refractivity contribution is 5.84. The minimum absolute atomic E-state index is 1.04. The lowest BCUT2D eigenvalue weighted by Crippen LogP contribution is -2.19. The van der Waals surface area contributed by atoms with Crippen LogP contribution in [0, 0.1) is 0 Å². The van der Waals surface area contributed by atoms with Crippen molar-refractivity contribution in [1.29, 1.82) is 0 Å². The first-order valence-electron chi connectivity index (χ1n) is 20.3. The quantitative estimate of drug-likeness (QED) is 0.139. The minimum Gasteiger partial charge on any atom is -0.354 e. The second kappa shape index (κ2) is 20.2. The Morgan fingerprint density at radius 1 is 0.214 bits per heavy atom. The molecular weight excluding hydrogens is 681 g/mol. The van der Waals surface area contributed by atoms with Gasteiger partial charge in [0.15, 0.2) is 0 Å². The molecule has 0 saturated carbocycles. The lowest BCUT2D eigenvalue weighted by atomic mass is 10.0. The highest BCUT2D eigenvalue weighted by atomic mass is 14.8. The van der Waals surface area contributed by atoms with Gasteiger partial charge in [0, 0.05) is 66.5 Å². The molecule has 0 fully saturated rings. The van der Waals surface area contributed by atoms with Gasteiger partial charge in [0.25, 0.3) is 0 Å². The lowest BCUT2D eigenvalue weighted by molar-refractivity contribution is 1.19. The fourth-order valence-electron chi connectivity index (χ4n) is 6.99. The highest BCUT2D eigenvalue weighted by Crippen LogP contribution is 2.27. The van der Waals surface area contributed by atoms with Crippen molar-refractivity contribution in [3.63, 3.8) is 0 Å². The Kier molecular flexibility index (Phi) is 14.7. The van der Waals surface area contributed by atoms with Crippen molar-refractivity contribution < 1.29 is 0 Å². The van der Waals surface area contributed by atoms with E-state index in [0.717, 1.165) is 88.7 Å². The number of H-pyrrole nitrogens is 4. The number of fused-ring (bicyclic) bond motifs is 8. The van der Waals surface area contributed by atoms with E-state index in [1.807, 2.05) is 55.4 Å². The highest BCUT2D eigenvalue weighted by Gasteiger charge is 2.18. The third-order valence-electron chi connectivity index (χ3n) is 9.15. The summed E-state index contributed by atoms with van der Waals surface area (Å²) in [5, 5.41) is 4.16. The molecule has 284 valence electrons. The zero-order valence-electron chi connectivity index (χ0n) is 34.2. The Hall–Kier alpha value is -6.52. The van der Waals surface area contributed by atoms with Gasteiger partial charge in [-0.2, -0.15) is 0 Å². The van der Waals surface area contributed by atoms with Crippen molar-refractivity contribution in [2.75, 3.05) is 0 Å². The molecule has 9 rings (SSSR count). The molecule has 0 spiro atoms. The number of benzene rings is 4. The van der Waals surface area contributed by atoms with Gasteiger partial charge in [0.05, 0.1) is 0 Å². The molecule has 0 aliphatic carbocycles. The van der Waals surface area contributed by atoms with Gasteiger partial charge in [-0.3, -0.25) is 0 Å². The van der Waals surface area contributed by atoms with Crippen LogP contribution in [0.15, 0.2) is 170 Å². The molecule has 4 aromatic heterocycles. The molecule has 4 aromatic carbocycles. The summed E-state index contributed by atoms with van der Waals surface area (Å²) in [6.45, 7) is 16.0. The third-order valence-corrected chi connectivity index (χ3v) is 9.15. The van der Waals surface area contributed by atoms with E-state index >= 15 is 0 Å². The van der Waals surface area contributed by atoms with Crippen molar-refractivity contribution in [3.8, 4) is 0 Å². The van der Waals surface area contributed by atoms with Crippen LogP contribution in [-0.2, 0) is 0 Å². The van der Waals surface area contributed by atoms with E-state index in [1.165, 1.54) is 0 Å². The zero-order chi connectivity index (χ0) is 39.9. The molecule has 4 N–H and O–H groups in total. The monoisotopic (exact) mass is 736 g/mol. The van der Waals surface area contributed by atoms with Gasteiger partial charge < -0.3 is 19.9 Å². The van der Waals surface area contributed by atoms with Gasteiger partial charge in [-0.25, -0.2) is 0 Å². The maximum absolute atomic E-state index is 3.84. The Balaban J connectivity index is 0.000000707. The summed E-state index contributed by atoms with van der Waals surface area (Å²) in [6.07, 6.45) is 0. The molecule has 56 heavy (non-hydrogen) atoms. The Bertz CT molecular complexity index is 2270. The van der Waals surface area contributed by atoms with E-state index in [1.54, 1.807) is 0 Å². The Labute approximate surface area is 332 Å². The number of aromatic amines is 4. The maximum atomic E-state index is 3.84. The summed E-state index contributed by atoms with van der Waals surface area (Å²) in [5.74, 6) is 0. The number of hydrogen-bond donors (Lipinski definition) is 4. The Morgan fingerprint density at radius 3 is 0.607 bits per heavy atom. The largest absolute Gasteiger partial charge is 0.354 e. The van der Waals surface area contributed by atoms with E-state index in [0.29, 0.717) is 0 Å². The second-order valence-corrected chi connectivity index (χ2v) is 12.1. The van der Waals surface area contributed by atoms with Crippen LogP contribution in [0.2, 0.25) is 0 Å². The first-order chi connectivity index (χ1) is 27.8. The predicted molar refractivity (Wildman–Crippen MR) is 239 cm³/mol. The summed E-state index contributed by atoms with van der Waals surface area (Å²) in [6, 6.07) is 60.0.